The molecule has 0 radical (unpaired) electrons. The van der Waals surface area contributed by atoms with Crippen LogP contribution in [-0.4, -0.2) is 11.1 Å². The highest BCUT2D eigenvalue weighted by molar-refractivity contribution is 9.10. The quantitative estimate of drug-likeness (QED) is 0.902. The first kappa shape index (κ1) is 13.6. The Balaban J connectivity index is 2.36. The summed E-state index contributed by atoms with van der Waals surface area (Å²) in [7, 11) is 0. The Hall–Kier alpha value is -1.81. The molecule has 3 nitrogen and oxygen atoms in total. The number of hydrogen-bond acceptors (Lipinski definition) is 2. The number of rotatable bonds is 3. The Bertz CT molecular complexity index is 615. The SMILES string of the molecule is Cc1cccc(C)c1Oc1ccc(C(=O)O)cc1Br. The third-order valence-electron chi connectivity index (χ3n) is 2.80. The van der Waals surface area contributed by atoms with Crippen LogP contribution < -0.4 is 4.74 Å². The van der Waals surface area contributed by atoms with E-state index in [0.29, 0.717) is 10.2 Å². The zero-order chi connectivity index (χ0) is 14.0. The highest BCUT2D eigenvalue weighted by atomic mass is 79.9. The van der Waals surface area contributed by atoms with E-state index in [-0.39, 0.29) is 5.56 Å². The minimum atomic E-state index is -0.959. The van der Waals surface area contributed by atoms with Gasteiger partial charge in [0.15, 0.2) is 0 Å². The van der Waals surface area contributed by atoms with Crippen LogP contribution in [0, 0.1) is 13.8 Å². The van der Waals surface area contributed by atoms with Crippen molar-refractivity contribution in [3.8, 4) is 11.5 Å². The molecule has 0 bridgehead atoms. The summed E-state index contributed by atoms with van der Waals surface area (Å²) in [5, 5.41) is 8.92. The Labute approximate surface area is 120 Å². The number of hydrogen-bond donors (Lipinski definition) is 1. The van der Waals surface area contributed by atoms with E-state index in [4.69, 9.17) is 9.84 Å². The van der Waals surface area contributed by atoms with E-state index in [2.05, 4.69) is 15.9 Å². The normalized spacial score (nSPS) is 10.3. The lowest BCUT2D eigenvalue weighted by molar-refractivity contribution is 0.0697. The average Bonchev–Trinajstić information content (AvgIpc) is 2.35. The molecular formula is C15H13BrO3. The van der Waals surface area contributed by atoms with Crippen molar-refractivity contribution in [2.24, 2.45) is 0 Å². The number of para-hydroxylation sites is 1. The van der Waals surface area contributed by atoms with Gasteiger partial charge in [0.2, 0.25) is 0 Å². The zero-order valence-electron chi connectivity index (χ0n) is 10.6. The number of aromatic carboxylic acids is 1. The van der Waals surface area contributed by atoms with Crippen LogP contribution in [0.1, 0.15) is 21.5 Å². The monoisotopic (exact) mass is 320 g/mol. The van der Waals surface area contributed by atoms with Crippen molar-refractivity contribution in [3.05, 3.63) is 57.6 Å². The van der Waals surface area contributed by atoms with Crippen molar-refractivity contribution in [2.75, 3.05) is 0 Å². The molecule has 1 N–H and O–H groups in total. The van der Waals surface area contributed by atoms with Gasteiger partial charge in [-0.05, 0) is 59.1 Å². The molecule has 0 aromatic heterocycles. The summed E-state index contributed by atoms with van der Waals surface area (Å²) in [6, 6.07) is 10.6. The van der Waals surface area contributed by atoms with Crippen molar-refractivity contribution in [3.63, 3.8) is 0 Å². The van der Waals surface area contributed by atoms with Gasteiger partial charge in [0.05, 0.1) is 10.0 Å². The van der Waals surface area contributed by atoms with Crippen molar-refractivity contribution >= 4 is 21.9 Å². The first-order valence-corrected chi connectivity index (χ1v) is 6.55. The van der Waals surface area contributed by atoms with Crippen LogP contribution in [0.2, 0.25) is 0 Å². The molecular weight excluding hydrogens is 308 g/mol. The predicted octanol–water partition coefficient (Wildman–Crippen LogP) is 4.56. The second kappa shape index (κ2) is 5.45. The Kier molecular flexibility index (Phi) is 3.90. The molecule has 98 valence electrons. The van der Waals surface area contributed by atoms with E-state index in [1.807, 2.05) is 32.0 Å². The van der Waals surface area contributed by atoms with Gasteiger partial charge in [-0.25, -0.2) is 4.79 Å². The topological polar surface area (TPSA) is 46.5 Å². The smallest absolute Gasteiger partial charge is 0.335 e. The molecule has 4 heteroatoms. The number of carboxylic acid groups (broad SMARTS) is 1. The van der Waals surface area contributed by atoms with E-state index < -0.39 is 5.97 Å². The first-order valence-electron chi connectivity index (χ1n) is 5.76. The standard InChI is InChI=1S/C15H13BrO3/c1-9-4-3-5-10(2)14(9)19-13-7-6-11(15(17)18)8-12(13)16/h3-8H,1-2H3,(H,17,18). The van der Waals surface area contributed by atoms with Crippen LogP contribution in [0.15, 0.2) is 40.9 Å². The first-order chi connectivity index (χ1) is 8.99. The van der Waals surface area contributed by atoms with E-state index in [1.165, 1.54) is 12.1 Å². The molecule has 0 atom stereocenters. The second-order valence-electron chi connectivity index (χ2n) is 4.27. The summed E-state index contributed by atoms with van der Waals surface area (Å²) >= 11 is 3.33. The van der Waals surface area contributed by atoms with Crippen LogP contribution in [0.25, 0.3) is 0 Å². The van der Waals surface area contributed by atoms with Gasteiger partial charge in [0.25, 0.3) is 0 Å². The molecule has 2 rings (SSSR count). The number of carbonyl (C=O) groups is 1. The van der Waals surface area contributed by atoms with Gasteiger partial charge in [-0.3, -0.25) is 0 Å². The Morgan fingerprint density at radius 3 is 2.32 bits per heavy atom. The summed E-state index contributed by atoms with van der Waals surface area (Å²) in [4.78, 5) is 10.9. The van der Waals surface area contributed by atoms with Gasteiger partial charge in [-0.2, -0.15) is 0 Å². The van der Waals surface area contributed by atoms with Gasteiger partial charge in [-0.1, -0.05) is 18.2 Å². The largest absolute Gasteiger partial charge is 0.478 e. The summed E-state index contributed by atoms with van der Waals surface area (Å²) in [6.07, 6.45) is 0. The lowest BCUT2D eigenvalue weighted by atomic mass is 10.1. The number of aryl methyl sites for hydroxylation is 2. The Morgan fingerprint density at radius 1 is 1.16 bits per heavy atom. The van der Waals surface area contributed by atoms with Gasteiger partial charge >= 0.3 is 5.97 Å². The van der Waals surface area contributed by atoms with Crippen molar-refractivity contribution in [2.45, 2.75) is 13.8 Å². The van der Waals surface area contributed by atoms with Crippen molar-refractivity contribution < 1.29 is 14.6 Å². The lowest BCUT2D eigenvalue weighted by Gasteiger charge is -2.13. The molecule has 0 saturated carbocycles. The maximum absolute atomic E-state index is 10.9. The highest BCUT2D eigenvalue weighted by Gasteiger charge is 2.10. The second-order valence-corrected chi connectivity index (χ2v) is 5.13. The summed E-state index contributed by atoms with van der Waals surface area (Å²) in [6.45, 7) is 3.95. The lowest BCUT2D eigenvalue weighted by Crippen LogP contribution is -1.97. The number of benzene rings is 2. The molecule has 0 saturated heterocycles. The summed E-state index contributed by atoms with van der Waals surface area (Å²) < 4.78 is 6.49. The third-order valence-corrected chi connectivity index (χ3v) is 3.42. The molecule has 0 aliphatic rings. The maximum atomic E-state index is 10.9. The molecule has 0 fully saturated rings. The van der Waals surface area contributed by atoms with E-state index in [9.17, 15) is 4.79 Å². The summed E-state index contributed by atoms with van der Waals surface area (Å²) in [5.41, 5.74) is 2.30. The molecule has 0 spiro atoms. The van der Waals surface area contributed by atoms with Gasteiger partial charge in [-0.15, -0.1) is 0 Å². The molecule has 2 aromatic carbocycles. The van der Waals surface area contributed by atoms with Crippen LogP contribution >= 0.6 is 15.9 Å². The van der Waals surface area contributed by atoms with Crippen LogP contribution in [0.3, 0.4) is 0 Å². The molecule has 0 heterocycles. The summed E-state index contributed by atoms with van der Waals surface area (Å²) in [5.74, 6) is 0.438. The average molecular weight is 321 g/mol. The molecule has 0 aliphatic heterocycles. The predicted molar refractivity (Wildman–Crippen MR) is 77.1 cm³/mol. The van der Waals surface area contributed by atoms with E-state index >= 15 is 0 Å². The van der Waals surface area contributed by atoms with Crippen molar-refractivity contribution in [1.29, 1.82) is 0 Å². The molecule has 0 unspecified atom stereocenters. The van der Waals surface area contributed by atoms with Crippen molar-refractivity contribution in [1.82, 2.24) is 0 Å². The van der Waals surface area contributed by atoms with Gasteiger partial charge < -0.3 is 9.84 Å². The molecule has 0 amide bonds. The number of ether oxygens (including phenoxy) is 1. The number of carboxylic acids is 1. The van der Waals surface area contributed by atoms with Crippen LogP contribution in [0.4, 0.5) is 0 Å². The molecule has 0 aliphatic carbocycles. The fourth-order valence-electron chi connectivity index (χ4n) is 1.79. The molecule has 19 heavy (non-hydrogen) atoms. The minimum absolute atomic E-state index is 0.223. The third kappa shape index (κ3) is 2.96. The van der Waals surface area contributed by atoms with E-state index in [1.54, 1.807) is 6.07 Å². The number of halogens is 1. The van der Waals surface area contributed by atoms with Crippen LogP contribution in [-0.2, 0) is 0 Å². The highest BCUT2D eigenvalue weighted by Crippen LogP contribution is 2.33. The van der Waals surface area contributed by atoms with Gasteiger partial charge in [0.1, 0.15) is 11.5 Å². The fraction of sp³-hybridized carbons (Fsp3) is 0.133. The maximum Gasteiger partial charge on any atom is 0.335 e. The minimum Gasteiger partial charge on any atom is -0.478 e. The van der Waals surface area contributed by atoms with Gasteiger partial charge in [0, 0.05) is 0 Å². The van der Waals surface area contributed by atoms with E-state index in [0.717, 1.165) is 16.9 Å². The zero-order valence-corrected chi connectivity index (χ0v) is 12.2. The van der Waals surface area contributed by atoms with Crippen LogP contribution in [0.5, 0.6) is 11.5 Å². The molecule has 2 aromatic rings. The Morgan fingerprint density at radius 2 is 1.79 bits per heavy atom. The fourth-order valence-corrected chi connectivity index (χ4v) is 2.25.